The molecule has 1 atom stereocenters. The Kier molecular flexibility index (Phi) is 4.28. The molecular weight excluding hydrogens is 210 g/mol. The molecule has 0 bridgehead atoms. The van der Waals surface area contributed by atoms with Crippen molar-refractivity contribution in [2.75, 3.05) is 20.8 Å². The summed E-state index contributed by atoms with van der Waals surface area (Å²) in [5.41, 5.74) is 5.66. The number of terminal acetylenes is 1. The Balaban J connectivity index is 2.72. The second-order valence-corrected chi connectivity index (χ2v) is 3.30. The normalized spacial score (nSPS) is 20.1. The zero-order valence-corrected chi connectivity index (χ0v) is 9.34. The number of hydrogen-bond acceptors (Lipinski definition) is 4. The first-order chi connectivity index (χ1) is 7.63. The van der Waals surface area contributed by atoms with Crippen molar-refractivity contribution in [1.82, 2.24) is 4.90 Å². The highest BCUT2D eigenvalue weighted by Crippen LogP contribution is 2.16. The largest absolute Gasteiger partial charge is 0.385 e. The monoisotopic (exact) mass is 225 g/mol. The van der Waals surface area contributed by atoms with E-state index in [2.05, 4.69) is 10.9 Å². The standard InChI is InChI=1S/C10H15N3O3/c1-4-5-13-7(6-8(15-2)16-3)9(11)12-10(13)14/h1,7-8H,5-6H2,2-3H3,(H2,11,12,14). The number of rotatable bonds is 5. The van der Waals surface area contributed by atoms with Gasteiger partial charge >= 0.3 is 6.03 Å². The highest BCUT2D eigenvalue weighted by molar-refractivity contribution is 6.02. The summed E-state index contributed by atoms with van der Waals surface area (Å²) in [5, 5.41) is 0. The van der Waals surface area contributed by atoms with E-state index in [1.54, 1.807) is 0 Å². The number of aliphatic imine (C=N–C) groups is 1. The van der Waals surface area contributed by atoms with E-state index in [-0.39, 0.29) is 18.4 Å². The van der Waals surface area contributed by atoms with Crippen molar-refractivity contribution in [3.63, 3.8) is 0 Å². The van der Waals surface area contributed by atoms with E-state index in [0.717, 1.165) is 0 Å². The number of urea groups is 1. The minimum Gasteiger partial charge on any atom is -0.385 e. The highest BCUT2D eigenvalue weighted by atomic mass is 16.7. The smallest absolute Gasteiger partial charge is 0.346 e. The van der Waals surface area contributed by atoms with E-state index in [9.17, 15) is 4.79 Å². The van der Waals surface area contributed by atoms with Crippen LogP contribution in [0.25, 0.3) is 0 Å². The number of amides is 2. The van der Waals surface area contributed by atoms with Crippen LogP contribution in [-0.2, 0) is 9.47 Å². The molecule has 0 saturated heterocycles. The molecule has 0 saturated carbocycles. The van der Waals surface area contributed by atoms with Gasteiger partial charge < -0.3 is 20.1 Å². The van der Waals surface area contributed by atoms with Crippen LogP contribution in [0.15, 0.2) is 4.99 Å². The molecule has 1 unspecified atom stereocenters. The average Bonchev–Trinajstić information content (AvgIpc) is 2.52. The summed E-state index contributed by atoms with van der Waals surface area (Å²) in [4.78, 5) is 16.5. The first kappa shape index (κ1) is 12.5. The number of nitrogens with two attached hydrogens (primary N) is 1. The van der Waals surface area contributed by atoms with Gasteiger partial charge in [0.1, 0.15) is 5.84 Å². The van der Waals surface area contributed by atoms with Crippen LogP contribution in [0.3, 0.4) is 0 Å². The van der Waals surface area contributed by atoms with E-state index in [0.29, 0.717) is 6.42 Å². The maximum absolute atomic E-state index is 11.4. The predicted octanol–water partition coefficient (Wildman–Crippen LogP) is -0.210. The molecule has 1 aliphatic rings. The van der Waals surface area contributed by atoms with Gasteiger partial charge in [-0.3, -0.25) is 0 Å². The summed E-state index contributed by atoms with van der Waals surface area (Å²) in [7, 11) is 3.04. The molecule has 0 radical (unpaired) electrons. The lowest BCUT2D eigenvalue weighted by Crippen LogP contribution is -2.43. The lowest BCUT2D eigenvalue weighted by atomic mass is 10.1. The second-order valence-electron chi connectivity index (χ2n) is 3.30. The predicted molar refractivity (Wildman–Crippen MR) is 58.8 cm³/mol. The first-order valence-corrected chi connectivity index (χ1v) is 4.77. The summed E-state index contributed by atoms with van der Waals surface area (Å²) in [6.07, 6.45) is 5.15. The number of carbonyl (C=O) groups is 1. The van der Waals surface area contributed by atoms with Crippen molar-refractivity contribution < 1.29 is 14.3 Å². The quantitative estimate of drug-likeness (QED) is 0.519. The molecule has 1 aliphatic heterocycles. The topological polar surface area (TPSA) is 77.2 Å². The van der Waals surface area contributed by atoms with Crippen molar-refractivity contribution in [3.8, 4) is 12.3 Å². The molecule has 0 fully saturated rings. The van der Waals surface area contributed by atoms with Crippen molar-refractivity contribution >= 4 is 11.9 Å². The molecular formula is C10H15N3O3. The van der Waals surface area contributed by atoms with Crippen LogP contribution in [0.4, 0.5) is 4.79 Å². The van der Waals surface area contributed by atoms with Crippen LogP contribution in [0.2, 0.25) is 0 Å². The zero-order chi connectivity index (χ0) is 12.1. The van der Waals surface area contributed by atoms with Gasteiger partial charge in [-0.15, -0.1) is 6.42 Å². The number of carbonyl (C=O) groups excluding carboxylic acids is 1. The fourth-order valence-corrected chi connectivity index (χ4v) is 1.54. The Labute approximate surface area is 94.4 Å². The molecule has 2 amide bonds. The number of amidine groups is 1. The van der Waals surface area contributed by atoms with Crippen molar-refractivity contribution in [3.05, 3.63) is 0 Å². The van der Waals surface area contributed by atoms with Crippen LogP contribution < -0.4 is 5.73 Å². The minimum absolute atomic E-state index is 0.174. The second kappa shape index (κ2) is 5.49. The van der Waals surface area contributed by atoms with Gasteiger partial charge in [-0.05, 0) is 0 Å². The van der Waals surface area contributed by atoms with Crippen molar-refractivity contribution in [2.45, 2.75) is 18.8 Å². The summed E-state index contributed by atoms with van der Waals surface area (Å²) >= 11 is 0. The van der Waals surface area contributed by atoms with Crippen LogP contribution in [0.5, 0.6) is 0 Å². The fourth-order valence-electron chi connectivity index (χ4n) is 1.54. The van der Waals surface area contributed by atoms with Gasteiger partial charge in [0.05, 0.1) is 12.6 Å². The molecule has 0 aromatic carbocycles. The molecule has 1 heterocycles. The maximum atomic E-state index is 11.4. The summed E-state index contributed by atoms with van der Waals surface area (Å²) in [6.45, 7) is 0.174. The van der Waals surface area contributed by atoms with Gasteiger partial charge in [-0.1, -0.05) is 5.92 Å². The Morgan fingerprint density at radius 2 is 2.25 bits per heavy atom. The van der Waals surface area contributed by atoms with Gasteiger partial charge in [0.15, 0.2) is 6.29 Å². The van der Waals surface area contributed by atoms with Gasteiger partial charge in [0.25, 0.3) is 0 Å². The number of ether oxygens (including phenoxy) is 2. The third-order valence-electron chi connectivity index (χ3n) is 2.39. The number of hydrogen-bond donors (Lipinski definition) is 1. The van der Waals surface area contributed by atoms with E-state index in [1.807, 2.05) is 0 Å². The van der Waals surface area contributed by atoms with Crippen molar-refractivity contribution in [2.24, 2.45) is 10.7 Å². The zero-order valence-electron chi connectivity index (χ0n) is 9.34. The molecule has 6 nitrogen and oxygen atoms in total. The molecule has 1 rings (SSSR count). The van der Waals surface area contributed by atoms with Crippen LogP contribution in [0.1, 0.15) is 6.42 Å². The molecule has 0 aliphatic carbocycles. The number of nitrogens with zero attached hydrogens (tertiary/aromatic N) is 2. The van der Waals surface area contributed by atoms with E-state index in [4.69, 9.17) is 21.6 Å². The molecule has 0 spiro atoms. The van der Waals surface area contributed by atoms with Crippen LogP contribution in [0, 0.1) is 12.3 Å². The third kappa shape index (κ3) is 2.51. The Bertz CT molecular complexity index is 331. The highest BCUT2D eigenvalue weighted by Gasteiger charge is 2.34. The lowest BCUT2D eigenvalue weighted by Gasteiger charge is -2.25. The molecule has 0 aromatic rings. The van der Waals surface area contributed by atoms with E-state index < -0.39 is 12.3 Å². The Hall–Kier alpha value is -1.58. The van der Waals surface area contributed by atoms with Crippen LogP contribution >= 0.6 is 0 Å². The molecule has 0 aromatic heterocycles. The third-order valence-corrected chi connectivity index (χ3v) is 2.39. The molecule has 6 heteroatoms. The molecule has 16 heavy (non-hydrogen) atoms. The van der Waals surface area contributed by atoms with Gasteiger partial charge in [-0.25, -0.2) is 4.79 Å². The maximum Gasteiger partial charge on any atom is 0.346 e. The molecule has 88 valence electrons. The van der Waals surface area contributed by atoms with Gasteiger partial charge in [0, 0.05) is 20.6 Å². The minimum atomic E-state index is -0.440. The lowest BCUT2D eigenvalue weighted by molar-refractivity contribution is -0.110. The SMILES string of the molecule is C#CCN1C(=O)N=C(N)C1CC(OC)OC. The summed E-state index contributed by atoms with van der Waals surface area (Å²) < 4.78 is 10.1. The first-order valence-electron chi connectivity index (χ1n) is 4.77. The van der Waals surface area contributed by atoms with Gasteiger partial charge in [-0.2, -0.15) is 4.99 Å². The Morgan fingerprint density at radius 1 is 1.62 bits per heavy atom. The summed E-state index contributed by atoms with van der Waals surface area (Å²) in [6, 6.07) is -0.764. The van der Waals surface area contributed by atoms with Gasteiger partial charge in [0.2, 0.25) is 0 Å². The fraction of sp³-hybridized carbons (Fsp3) is 0.600. The Morgan fingerprint density at radius 3 is 2.75 bits per heavy atom. The van der Waals surface area contributed by atoms with Crippen molar-refractivity contribution in [1.29, 1.82) is 0 Å². The van der Waals surface area contributed by atoms with E-state index in [1.165, 1.54) is 19.1 Å². The average molecular weight is 225 g/mol. The molecule has 2 N–H and O–H groups in total. The van der Waals surface area contributed by atoms with E-state index >= 15 is 0 Å². The summed E-state index contributed by atoms with van der Waals surface area (Å²) in [5.74, 6) is 2.64. The van der Waals surface area contributed by atoms with Crippen LogP contribution in [-0.4, -0.2) is 49.9 Å². The number of methoxy groups -OCH3 is 2.